The van der Waals surface area contributed by atoms with E-state index in [0.717, 1.165) is 12.1 Å². The maximum absolute atomic E-state index is 12.9. The Labute approximate surface area is 125 Å². The van der Waals surface area contributed by atoms with Gasteiger partial charge in [0.05, 0.1) is 5.56 Å². The maximum Gasteiger partial charge on any atom is 0.339 e. The molecule has 0 aliphatic carbocycles. The van der Waals surface area contributed by atoms with Crippen LogP contribution in [-0.2, 0) is 9.53 Å². The van der Waals surface area contributed by atoms with Crippen LogP contribution in [0.4, 0.5) is 4.39 Å². The summed E-state index contributed by atoms with van der Waals surface area (Å²) in [6.45, 7) is 5.47. The van der Waals surface area contributed by atoms with Gasteiger partial charge < -0.3 is 10.1 Å². The van der Waals surface area contributed by atoms with Gasteiger partial charge in [-0.1, -0.05) is 13.8 Å². The van der Waals surface area contributed by atoms with E-state index in [1.165, 1.54) is 6.07 Å². The Morgan fingerprint density at radius 3 is 2.55 bits per heavy atom. The van der Waals surface area contributed by atoms with Gasteiger partial charge >= 0.3 is 5.97 Å². The summed E-state index contributed by atoms with van der Waals surface area (Å²) in [5.74, 6) is -1.21. The predicted octanol–water partition coefficient (Wildman–Crippen LogP) is 2.91. The third-order valence-corrected chi connectivity index (χ3v) is 3.53. The molecule has 1 amide bonds. The van der Waals surface area contributed by atoms with Crippen molar-refractivity contribution in [2.45, 2.75) is 26.8 Å². The van der Waals surface area contributed by atoms with E-state index in [-0.39, 0.29) is 24.1 Å². The van der Waals surface area contributed by atoms with E-state index in [2.05, 4.69) is 21.2 Å². The van der Waals surface area contributed by atoms with Crippen molar-refractivity contribution in [3.8, 4) is 0 Å². The molecule has 20 heavy (non-hydrogen) atoms. The highest BCUT2D eigenvalue weighted by atomic mass is 79.9. The van der Waals surface area contributed by atoms with Crippen LogP contribution in [0.5, 0.6) is 0 Å². The number of nitrogens with one attached hydrogen (secondary N) is 1. The summed E-state index contributed by atoms with van der Waals surface area (Å²) in [5.41, 5.74) is 0.177. The highest BCUT2D eigenvalue weighted by molar-refractivity contribution is 9.10. The highest BCUT2D eigenvalue weighted by Crippen LogP contribution is 2.18. The first-order valence-corrected chi connectivity index (χ1v) is 7.02. The quantitative estimate of drug-likeness (QED) is 0.834. The van der Waals surface area contributed by atoms with Crippen molar-refractivity contribution in [1.82, 2.24) is 5.32 Å². The van der Waals surface area contributed by atoms with E-state index in [1.807, 2.05) is 20.8 Å². The van der Waals surface area contributed by atoms with Gasteiger partial charge in [0, 0.05) is 10.5 Å². The minimum absolute atomic E-state index is 0.00115. The minimum Gasteiger partial charge on any atom is -0.452 e. The van der Waals surface area contributed by atoms with Gasteiger partial charge in [-0.05, 0) is 47.0 Å². The number of carbonyl (C=O) groups excluding carboxylic acids is 2. The topological polar surface area (TPSA) is 55.4 Å². The number of ether oxygens (including phenoxy) is 1. The molecule has 0 bridgehead atoms. The molecule has 1 N–H and O–H groups in total. The number of hydrogen-bond donors (Lipinski definition) is 1. The Bertz CT molecular complexity index is 505. The summed E-state index contributed by atoms with van der Waals surface area (Å²) in [4.78, 5) is 23.3. The fourth-order valence-electron chi connectivity index (χ4n) is 1.33. The number of rotatable bonds is 5. The Kier molecular flexibility index (Phi) is 6.13. The van der Waals surface area contributed by atoms with Crippen LogP contribution in [0.1, 0.15) is 31.1 Å². The molecule has 0 aliphatic heterocycles. The average molecular weight is 346 g/mol. The molecule has 1 atom stereocenters. The van der Waals surface area contributed by atoms with Crippen molar-refractivity contribution in [2.75, 3.05) is 6.61 Å². The molecule has 0 heterocycles. The molecule has 0 saturated heterocycles. The predicted molar refractivity (Wildman–Crippen MR) is 76.8 cm³/mol. The Hall–Kier alpha value is -1.43. The van der Waals surface area contributed by atoms with E-state index in [0.29, 0.717) is 10.4 Å². The molecule has 110 valence electrons. The van der Waals surface area contributed by atoms with Gasteiger partial charge in [-0.15, -0.1) is 0 Å². The number of benzene rings is 1. The molecule has 0 aliphatic rings. The smallest absolute Gasteiger partial charge is 0.339 e. The van der Waals surface area contributed by atoms with Crippen molar-refractivity contribution in [3.63, 3.8) is 0 Å². The van der Waals surface area contributed by atoms with Crippen molar-refractivity contribution < 1.29 is 18.7 Å². The first kappa shape index (κ1) is 16.6. The highest BCUT2D eigenvalue weighted by Gasteiger charge is 2.15. The maximum atomic E-state index is 12.9. The molecule has 6 heteroatoms. The zero-order valence-electron chi connectivity index (χ0n) is 11.6. The second kappa shape index (κ2) is 7.38. The van der Waals surface area contributed by atoms with Crippen LogP contribution in [0.3, 0.4) is 0 Å². The fraction of sp³-hybridized carbons (Fsp3) is 0.429. The molecular weight excluding hydrogens is 329 g/mol. The SMILES string of the molecule is CC(C)[C@@H](C)NC(=O)COC(=O)c1ccc(F)cc1Br. The molecule has 0 unspecified atom stereocenters. The molecule has 1 aromatic rings. The second-order valence-electron chi connectivity index (χ2n) is 4.80. The van der Waals surface area contributed by atoms with E-state index in [9.17, 15) is 14.0 Å². The van der Waals surface area contributed by atoms with Gasteiger partial charge in [-0.25, -0.2) is 9.18 Å². The molecule has 0 radical (unpaired) electrons. The van der Waals surface area contributed by atoms with Gasteiger partial charge in [-0.2, -0.15) is 0 Å². The van der Waals surface area contributed by atoms with E-state index < -0.39 is 11.8 Å². The summed E-state index contributed by atoms with van der Waals surface area (Å²) >= 11 is 3.07. The molecule has 0 aromatic heterocycles. The van der Waals surface area contributed by atoms with Crippen LogP contribution < -0.4 is 5.32 Å². The van der Waals surface area contributed by atoms with Crippen molar-refractivity contribution >= 4 is 27.8 Å². The van der Waals surface area contributed by atoms with E-state index in [4.69, 9.17) is 4.74 Å². The van der Waals surface area contributed by atoms with Crippen molar-refractivity contribution in [2.24, 2.45) is 5.92 Å². The van der Waals surface area contributed by atoms with Crippen LogP contribution in [0.2, 0.25) is 0 Å². The molecule has 4 nitrogen and oxygen atoms in total. The van der Waals surface area contributed by atoms with Crippen LogP contribution in [0, 0.1) is 11.7 Å². The number of halogens is 2. The first-order valence-electron chi connectivity index (χ1n) is 6.22. The van der Waals surface area contributed by atoms with Crippen LogP contribution in [0.15, 0.2) is 22.7 Å². The summed E-state index contributed by atoms with van der Waals surface area (Å²) in [6.07, 6.45) is 0. The number of carbonyl (C=O) groups is 2. The summed E-state index contributed by atoms with van der Waals surface area (Å²) in [6, 6.07) is 3.62. The van der Waals surface area contributed by atoms with Gasteiger partial charge in [0.1, 0.15) is 5.82 Å². The van der Waals surface area contributed by atoms with Crippen molar-refractivity contribution in [3.05, 3.63) is 34.1 Å². The lowest BCUT2D eigenvalue weighted by molar-refractivity contribution is -0.125. The van der Waals surface area contributed by atoms with Crippen LogP contribution in [-0.4, -0.2) is 24.5 Å². The largest absolute Gasteiger partial charge is 0.452 e. The summed E-state index contributed by atoms with van der Waals surface area (Å²) in [5, 5.41) is 2.72. The lowest BCUT2D eigenvalue weighted by Gasteiger charge is -2.17. The number of esters is 1. The Morgan fingerprint density at radius 2 is 2.00 bits per heavy atom. The van der Waals surface area contributed by atoms with E-state index in [1.54, 1.807) is 0 Å². The van der Waals surface area contributed by atoms with Crippen molar-refractivity contribution in [1.29, 1.82) is 0 Å². The second-order valence-corrected chi connectivity index (χ2v) is 5.65. The Morgan fingerprint density at radius 1 is 1.35 bits per heavy atom. The zero-order valence-corrected chi connectivity index (χ0v) is 13.2. The zero-order chi connectivity index (χ0) is 15.3. The third-order valence-electron chi connectivity index (χ3n) is 2.87. The monoisotopic (exact) mass is 345 g/mol. The normalized spacial score (nSPS) is 12.1. The lowest BCUT2D eigenvalue weighted by atomic mass is 10.1. The number of hydrogen-bond acceptors (Lipinski definition) is 3. The summed E-state index contributed by atoms with van der Waals surface area (Å²) in [7, 11) is 0. The lowest BCUT2D eigenvalue weighted by Crippen LogP contribution is -2.38. The molecule has 1 rings (SSSR count). The molecular formula is C14H17BrFNO3. The van der Waals surface area contributed by atoms with Crippen LogP contribution in [0.25, 0.3) is 0 Å². The molecule has 0 saturated carbocycles. The number of amides is 1. The molecule has 0 fully saturated rings. The molecule has 1 aromatic carbocycles. The molecule has 0 spiro atoms. The van der Waals surface area contributed by atoms with Gasteiger partial charge in [0.25, 0.3) is 5.91 Å². The van der Waals surface area contributed by atoms with Gasteiger partial charge in [-0.3, -0.25) is 4.79 Å². The van der Waals surface area contributed by atoms with Gasteiger partial charge in [0.2, 0.25) is 0 Å². The summed E-state index contributed by atoms with van der Waals surface area (Å²) < 4.78 is 18.1. The van der Waals surface area contributed by atoms with E-state index >= 15 is 0 Å². The third kappa shape index (κ3) is 4.92. The van der Waals surface area contributed by atoms with Crippen LogP contribution >= 0.6 is 15.9 Å². The minimum atomic E-state index is -0.677. The first-order chi connectivity index (χ1) is 9.31. The van der Waals surface area contributed by atoms with Gasteiger partial charge in [0.15, 0.2) is 6.61 Å². The average Bonchev–Trinajstić information content (AvgIpc) is 2.35. The standard InChI is InChI=1S/C14H17BrFNO3/c1-8(2)9(3)17-13(18)7-20-14(19)11-5-4-10(16)6-12(11)15/h4-6,8-9H,7H2,1-3H3,(H,17,18)/t9-/m1/s1. The Balaban J connectivity index is 2.53. The fourth-order valence-corrected chi connectivity index (χ4v) is 1.84.